The Morgan fingerprint density at radius 2 is 1.70 bits per heavy atom. The molecular weight excluding hydrogens is 392 g/mol. The minimum Gasteiger partial charge on any atom is -0.497 e. The summed E-state index contributed by atoms with van der Waals surface area (Å²) in [6.07, 6.45) is 0.287. The number of hydrogen-bond acceptors (Lipinski definition) is 4. The number of para-hydroxylation sites is 1. The molecule has 0 fully saturated rings. The van der Waals surface area contributed by atoms with Gasteiger partial charge in [0.25, 0.3) is 0 Å². The number of alkyl halides is 2. The standard InChI is InChI=1S/C21H25F2NO4.C2H6/c1-5-19(25)24(12-15-9-10-17(26-3)11-18(15)27-4)13-16-8-6-7-14(2)20(16)28-21(22)23;1-2/h6-11,21H,5,12-13H2,1-4H3;1-2H3. The molecule has 1 amide bonds. The van der Waals surface area contributed by atoms with E-state index in [9.17, 15) is 13.6 Å². The Balaban J connectivity index is 0.00000218. The molecule has 0 aromatic heterocycles. The number of amides is 1. The van der Waals surface area contributed by atoms with E-state index in [1.54, 1.807) is 63.3 Å². The largest absolute Gasteiger partial charge is 0.497 e. The molecule has 30 heavy (non-hydrogen) atoms. The van der Waals surface area contributed by atoms with Gasteiger partial charge in [-0.1, -0.05) is 39.0 Å². The van der Waals surface area contributed by atoms with Crippen molar-refractivity contribution < 1.29 is 27.8 Å². The summed E-state index contributed by atoms with van der Waals surface area (Å²) in [6.45, 7) is 4.93. The zero-order valence-corrected chi connectivity index (χ0v) is 18.5. The monoisotopic (exact) mass is 423 g/mol. The fraction of sp³-hybridized carbons (Fsp3) is 0.435. The summed E-state index contributed by atoms with van der Waals surface area (Å²) in [6, 6.07) is 10.5. The number of nitrogens with zero attached hydrogens (tertiary/aromatic N) is 1. The Morgan fingerprint density at radius 3 is 2.27 bits per heavy atom. The zero-order chi connectivity index (χ0) is 22.7. The summed E-state index contributed by atoms with van der Waals surface area (Å²) >= 11 is 0. The normalized spacial score (nSPS) is 10.2. The van der Waals surface area contributed by atoms with Crippen LogP contribution in [-0.2, 0) is 17.9 Å². The number of hydrogen-bond donors (Lipinski definition) is 0. The van der Waals surface area contributed by atoms with Crippen molar-refractivity contribution in [2.75, 3.05) is 14.2 Å². The SMILES string of the molecule is CC.CCC(=O)N(Cc1ccc(OC)cc1OC)Cc1cccc(C)c1OC(F)F. The van der Waals surface area contributed by atoms with Crippen LogP contribution in [0.1, 0.15) is 43.9 Å². The zero-order valence-electron chi connectivity index (χ0n) is 18.5. The first-order valence-corrected chi connectivity index (χ1v) is 9.91. The summed E-state index contributed by atoms with van der Waals surface area (Å²) in [5.41, 5.74) is 1.90. The Hall–Kier alpha value is -2.83. The molecule has 166 valence electrons. The topological polar surface area (TPSA) is 48.0 Å². The van der Waals surface area contributed by atoms with E-state index in [4.69, 9.17) is 14.2 Å². The third-order valence-corrected chi connectivity index (χ3v) is 4.37. The van der Waals surface area contributed by atoms with Gasteiger partial charge in [0.05, 0.1) is 14.2 Å². The van der Waals surface area contributed by atoms with Crippen LogP contribution < -0.4 is 14.2 Å². The van der Waals surface area contributed by atoms with Crippen molar-refractivity contribution >= 4 is 5.91 Å². The number of ether oxygens (including phenoxy) is 3. The van der Waals surface area contributed by atoms with E-state index in [0.29, 0.717) is 22.6 Å². The highest BCUT2D eigenvalue weighted by atomic mass is 19.3. The van der Waals surface area contributed by atoms with Gasteiger partial charge < -0.3 is 19.1 Å². The average Bonchev–Trinajstić information content (AvgIpc) is 2.76. The van der Waals surface area contributed by atoms with Crippen LogP contribution in [0.3, 0.4) is 0 Å². The van der Waals surface area contributed by atoms with E-state index in [1.165, 1.54) is 0 Å². The molecule has 0 radical (unpaired) electrons. The molecule has 2 rings (SSSR count). The lowest BCUT2D eigenvalue weighted by Crippen LogP contribution is -2.30. The second kappa shape index (κ2) is 12.7. The molecule has 0 aliphatic rings. The Bertz CT molecular complexity index is 812. The van der Waals surface area contributed by atoms with Gasteiger partial charge in [0.15, 0.2) is 0 Å². The fourth-order valence-corrected chi connectivity index (χ4v) is 2.95. The lowest BCUT2D eigenvalue weighted by Gasteiger charge is -2.25. The molecule has 7 heteroatoms. The predicted molar refractivity (Wildman–Crippen MR) is 113 cm³/mol. The third-order valence-electron chi connectivity index (χ3n) is 4.37. The number of rotatable bonds is 9. The number of carbonyl (C=O) groups excluding carboxylic acids is 1. The molecule has 2 aromatic rings. The van der Waals surface area contributed by atoms with Gasteiger partial charge in [-0.3, -0.25) is 4.79 Å². The van der Waals surface area contributed by atoms with Crippen LogP contribution in [0.2, 0.25) is 0 Å². The Morgan fingerprint density at radius 1 is 1.03 bits per heavy atom. The number of carbonyl (C=O) groups is 1. The summed E-state index contributed by atoms with van der Waals surface area (Å²) < 4.78 is 41.0. The minimum atomic E-state index is -2.93. The maximum absolute atomic E-state index is 12.8. The van der Waals surface area contributed by atoms with Gasteiger partial charge in [0.1, 0.15) is 17.2 Å². The first kappa shape index (κ1) is 25.2. The van der Waals surface area contributed by atoms with E-state index in [0.717, 1.165) is 5.56 Å². The van der Waals surface area contributed by atoms with Gasteiger partial charge >= 0.3 is 6.61 Å². The highest BCUT2D eigenvalue weighted by molar-refractivity contribution is 5.76. The highest BCUT2D eigenvalue weighted by Gasteiger charge is 2.19. The van der Waals surface area contributed by atoms with Crippen LogP contribution in [0, 0.1) is 6.92 Å². The van der Waals surface area contributed by atoms with E-state index in [-0.39, 0.29) is 31.2 Å². The number of benzene rings is 2. The lowest BCUT2D eigenvalue weighted by molar-refractivity contribution is -0.132. The first-order valence-electron chi connectivity index (χ1n) is 9.91. The van der Waals surface area contributed by atoms with Crippen LogP contribution in [0.15, 0.2) is 36.4 Å². The Kier molecular flexibility index (Phi) is 10.6. The van der Waals surface area contributed by atoms with Crippen LogP contribution in [-0.4, -0.2) is 31.6 Å². The maximum Gasteiger partial charge on any atom is 0.387 e. The molecular formula is C23H31F2NO4. The summed E-state index contributed by atoms with van der Waals surface area (Å²) in [4.78, 5) is 14.1. The predicted octanol–water partition coefficient (Wildman–Crippen LogP) is 5.58. The molecule has 0 bridgehead atoms. The van der Waals surface area contributed by atoms with Gasteiger partial charge in [-0.25, -0.2) is 0 Å². The summed E-state index contributed by atoms with van der Waals surface area (Å²) in [5, 5.41) is 0. The van der Waals surface area contributed by atoms with Crippen LogP contribution in [0.25, 0.3) is 0 Å². The van der Waals surface area contributed by atoms with Gasteiger partial charge in [-0.15, -0.1) is 0 Å². The molecule has 5 nitrogen and oxygen atoms in total. The molecule has 0 atom stereocenters. The second-order valence-electron chi connectivity index (χ2n) is 6.22. The molecule has 0 saturated heterocycles. The minimum absolute atomic E-state index is 0.105. The van der Waals surface area contributed by atoms with Crippen molar-refractivity contribution in [3.05, 3.63) is 53.1 Å². The van der Waals surface area contributed by atoms with Crippen LogP contribution >= 0.6 is 0 Å². The van der Waals surface area contributed by atoms with Crippen LogP contribution in [0.5, 0.6) is 17.2 Å². The summed E-state index contributed by atoms with van der Waals surface area (Å²) in [7, 11) is 3.10. The van der Waals surface area contributed by atoms with Crippen molar-refractivity contribution in [3.63, 3.8) is 0 Å². The Labute approximate surface area is 177 Å². The van der Waals surface area contributed by atoms with E-state index in [1.807, 2.05) is 19.9 Å². The second-order valence-corrected chi connectivity index (χ2v) is 6.22. The number of aryl methyl sites for hydroxylation is 1. The highest BCUT2D eigenvalue weighted by Crippen LogP contribution is 2.29. The van der Waals surface area contributed by atoms with E-state index in [2.05, 4.69) is 0 Å². The van der Waals surface area contributed by atoms with Gasteiger partial charge in [-0.2, -0.15) is 8.78 Å². The molecule has 0 unspecified atom stereocenters. The number of methoxy groups -OCH3 is 2. The van der Waals surface area contributed by atoms with Crippen LogP contribution in [0.4, 0.5) is 8.78 Å². The van der Waals surface area contributed by atoms with Crippen molar-refractivity contribution in [1.82, 2.24) is 4.90 Å². The first-order chi connectivity index (χ1) is 14.4. The molecule has 0 aliphatic carbocycles. The van der Waals surface area contributed by atoms with Gasteiger partial charge in [0.2, 0.25) is 5.91 Å². The van der Waals surface area contributed by atoms with Crippen molar-refractivity contribution in [2.24, 2.45) is 0 Å². The smallest absolute Gasteiger partial charge is 0.387 e. The average molecular weight is 424 g/mol. The lowest BCUT2D eigenvalue weighted by atomic mass is 10.1. The van der Waals surface area contributed by atoms with Gasteiger partial charge in [0, 0.05) is 36.7 Å². The maximum atomic E-state index is 12.8. The molecule has 0 heterocycles. The van der Waals surface area contributed by atoms with Crippen molar-refractivity contribution in [1.29, 1.82) is 0 Å². The fourth-order valence-electron chi connectivity index (χ4n) is 2.95. The van der Waals surface area contributed by atoms with Crippen molar-refractivity contribution in [3.8, 4) is 17.2 Å². The molecule has 0 spiro atoms. The van der Waals surface area contributed by atoms with Crippen molar-refractivity contribution in [2.45, 2.75) is 53.8 Å². The van der Waals surface area contributed by atoms with E-state index >= 15 is 0 Å². The summed E-state index contributed by atoms with van der Waals surface area (Å²) in [5.74, 6) is 1.22. The molecule has 2 aromatic carbocycles. The number of halogens is 2. The quantitative estimate of drug-likeness (QED) is 0.528. The molecule has 0 aliphatic heterocycles. The van der Waals surface area contributed by atoms with Gasteiger partial charge in [-0.05, 0) is 24.6 Å². The van der Waals surface area contributed by atoms with E-state index < -0.39 is 6.61 Å². The third kappa shape index (κ3) is 6.90. The molecule has 0 saturated carbocycles. The molecule has 0 N–H and O–H groups in total.